The Labute approximate surface area is 149 Å². The lowest BCUT2D eigenvalue weighted by atomic mass is 9.87. The van der Waals surface area contributed by atoms with Crippen LogP contribution in [0.1, 0.15) is 29.5 Å². The maximum Gasteiger partial charge on any atom is 0.336 e. The predicted molar refractivity (Wildman–Crippen MR) is 99.8 cm³/mol. The Morgan fingerprint density at radius 1 is 1.04 bits per heavy atom. The number of hydrogen-bond donors (Lipinski definition) is 0. The molecule has 3 heteroatoms. The molecule has 1 heterocycles. The summed E-state index contributed by atoms with van der Waals surface area (Å²) in [5.74, 6) is -0.354. The number of ether oxygens (including phenoxy) is 1. The molecule has 1 unspecified atom stereocenters. The van der Waals surface area contributed by atoms with Gasteiger partial charge >= 0.3 is 5.97 Å². The summed E-state index contributed by atoms with van der Waals surface area (Å²) in [6, 6.07) is 18.5. The summed E-state index contributed by atoms with van der Waals surface area (Å²) < 4.78 is 5.07. The van der Waals surface area contributed by atoms with Crippen LogP contribution in [0.15, 0.2) is 78.1 Å². The van der Waals surface area contributed by atoms with E-state index in [2.05, 4.69) is 48.4 Å². The van der Waals surface area contributed by atoms with Crippen LogP contribution in [-0.2, 0) is 16.1 Å². The molecule has 1 aliphatic rings. The number of nitrogens with zero attached hydrogens (tertiary/aromatic N) is 1. The molecule has 3 nitrogen and oxygen atoms in total. The first-order valence-corrected chi connectivity index (χ1v) is 8.44. The van der Waals surface area contributed by atoms with Crippen LogP contribution >= 0.6 is 0 Å². The molecular weight excluding hydrogens is 310 g/mol. The summed E-state index contributed by atoms with van der Waals surface area (Å²) in [4.78, 5) is 14.6. The first-order valence-electron chi connectivity index (χ1n) is 8.44. The second kappa shape index (κ2) is 7.39. The minimum atomic E-state index is -0.274. The fourth-order valence-electron chi connectivity index (χ4n) is 3.16. The molecule has 0 bridgehead atoms. The zero-order valence-electron chi connectivity index (χ0n) is 14.9. The fraction of sp³-hybridized carbons (Fsp3) is 0.227. The number of carbonyl (C=O) groups excluding carboxylic acids is 1. The quantitative estimate of drug-likeness (QED) is 0.769. The molecule has 1 atom stereocenters. The van der Waals surface area contributed by atoms with Crippen LogP contribution in [0.5, 0.6) is 0 Å². The minimum Gasteiger partial charge on any atom is -0.466 e. The highest BCUT2D eigenvalue weighted by atomic mass is 16.5. The Kier molecular flexibility index (Phi) is 5.03. The van der Waals surface area contributed by atoms with Gasteiger partial charge in [0.05, 0.1) is 12.7 Å². The highest BCUT2D eigenvalue weighted by Crippen LogP contribution is 2.34. The molecule has 0 saturated carbocycles. The van der Waals surface area contributed by atoms with Gasteiger partial charge in [-0.1, -0.05) is 66.2 Å². The van der Waals surface area contributed by atoms with Crippen molar-refractivity contribution in [2.75, 3.05) is 7.11 Å². The first kappa shape index (κ1) is 17.0. The Morgan fingerprint density at radius 3 is 2.36 bits per heavy atom. The van der Waals surface area contributed by atoms with E-state index in [-0.39, 0.29) is 11.9 Å². The van der Waals surface area contributed by atoms with E-state index in [4.69, 9.17) is 4.74 Å². The van der Waals surface area contributed by atoms with Crippen molar-refractivity contribution >= 4 is 5.97 Å². The molecule has 0 aromatic heterocycles. The third-order valence-corrected chi connectivity index (χ3v) is 4.63. The topological polar surface area (TPSA) is 29.5 Å². The van der Waals surface area contributed by atoms with Gasteiger partial charge in [0.1, 0.15) is 0 Å². The van der Waals surface area contributed by atoms with Crippen LogP contribution in [0.4, 0.5) is 0 Å². The molecular formula is C22H23NO2. The average molecular weight is 333 g/mol. The normalized spacial score (nSPS) is 16.9. The van der Waals surface area contributed by atoms with E-state index in [0.29, 0.717) is 5.57 Å². The summed E-state index contributed by atoms with van der Waals surface area (Å²) in [5, 5.41) is 0. The fourth-order valence-corrected chi connectivity index (χ4v) is 3.16. The maximum atomic E-state index is 12.5. The largest absolute Gasteiger partial charge is 0.466 e. The number of esters is 1. The Balaban J connectivity index is 1.94. The summed E-state index contributed by atoms with van der Waals surface area (Å²) in [5.41, 5.74) is 5.17. The van der Waals surface area contributed by atoms with Gasteiger partial charge in [-0.3, -0.25) is 0 Å². The Bertz CT molecular complexity index is 804. The van der Waals surface area contributed by atoms with E-state index in [9.17, 15) is 4.79 Å². The molecule has 0 N–H and O–H groups in total. The molecule has 128 valence electrons. The Hall–Kier alpha value is -2.81. The molecule has 3 rings (SSSR count). The number of aryl methyl sites for hydroxylation is 1. The standard InChI is InChI=1S/C22H23NO2/c1-16-9-11-18(12-10-16)15-23-14-13-20(19-7-5-4-6-8-19)21(17(23)2)22(24)25-3/h4-14,20H,15H2,1-3H3. The molecule has 2 aromatic rings. The van der Waals surface area contributed by atoms with Crippen molar-refractivity contribution in [2.24, 2.45) is 0 Å². The minimum absolute atomic E-state index is 0.0806. The van der Waals surface area contributed by atoms with Crippen LogP contribution in [0.2, 0.25) is 0 Å². The lowest BCUT2D eigenvalue weighted by Crippen LogP contribution is -2.26. The summed E-state index contributed by atoms with van der Waals surface area (Å²) >= 11 is 0. The highest BCUT2D eigenvalue weighted by Gasteiger charge is 2.28. The van der Waals surface area contributed by atoms with Crippen LogP contribution in [0, 0.1) is 6.92 Å². The van der Waals surface area contributed by atoms with Crippen molar-refractivity contribution in [3.05, 3.63) is 94.8 Å². The van der Waals surface area contributed by atoms with Crippen molar-refractivity contribution in [1.82, 2.24) is 4.90 Å². The van der Waals surface area contributed by atoms with Gasteiger partial charge in [-0.2, -0.15) is 0 Å². The lowest BCUT2D eigenvalue weighted by Gasteiger charge is -2.31. The van der Waals surface area contributed by atoms with Gasteiger partial charge in [-0.05, 0) is 25.0 Å². The molecule has 0 spiro atoms. The number of carbonyl (C=O) groups is 1. The van der Waals surface area contributed by atoms with Gasteiger partial charge < -0.3 is 9.64 Å². The second-order valence-corrected chi connectivity index (χ2v) is 6.33. The van der Waals surface area contributed by atoms with Gasteiger partial charge in [0.25, 0.3) is 0 Å². The molecule has 0 radical (unpaired) electrons. The van der Waals surface area contributed by atoms with Crippen LogP contribution in [-0.4, -0.2) is 18.0 Å². The van der Waals surface area contributed by atoms with Crippen molar-refractivity contribution in [3.63, 3.8) is 0 Å². The van der Waals surface area contributed by atoms with E-state index in [1.165, 1.54) is 18.2 Å². The van der Waals surface area contributed by atoms with E-state index in [0.717, 1.165) is 17.8 Å². The van der Waals surface area contributed by atoms with E-state index < -0.39 is 0 Å². The molecule has 1 aliphatic heterocycles. The van der Waals surface area contributed by atoms with Gasteiger partial charge in [-0.25, -0.2) is 4.79 Å². The smallest absolute Gasteiger partial charge is 0.336 e. The molecule has 25 heavy (non-hydrogen) atoms. The second-order valence-electron chi connectivity index (χ2n) is 6.33. The number of benzene rings is 2. The number of allylic oxidation sites excluding steroid dienone is 2. The van der Waals surface area contributed by atoms with Crippen molar-refractivity contribution < 1.29 is 9.53 Å². The summed E-state index contributed by atoms with van der Waals surface area (Å²) in [6.45, 7) is 4.79. The lowest BCUT2D eigenvalue weighted by molar-refractivity contribution is -0.136. The molecule has 0 saturated heterocycles. The van der Waals surface area contributed by atoms with Crippen LogP contribution in [0.3, 0.4) is 0 Å². The first-order chi connectivity index (χ1) is 12.1. The average Bonchev–Trinajstić information content (AvgIpc) is 2.65. The third kappa shape index (κ3) is 3.66. The SMILES string of the molecule is COC(=O)C1=C(C)N(Cc2ccc(C)cc2)C=CC1c1ccccc1. The van der Waals surface area contributed by atoms with Gasteiger partial charge in [0.15, 0.2) is 0 Å². The van der Waals surface area contributed by atoms with Crippen molar-refractivity contribution in [1.29, 1.82) is 0 Å². The monoisotopic (exact) mass is 333 g/mol. The summed E-state index contributed by atoms with van der Waals surface area (Å²) in [7, 11) is 1.44. The molecule has 2 aromatic carbocycles. The van der Waals surface area contributed by atoms with Crippen molar-refractivity contribution in [2.45, 2.75) is 26.3 Å². The number of rotatable bonds is 4. The number of methoxy groups -OCH3 is 1. The zero-order chi connectivity index (χ0) is 17.8. The van der Waals surface area contributed by atoms with Gasteiger partial charge in [0, 0.05) is 24.4 Å². The highest BCUT2D eigenvalue weighted by molar-refractivity contribution is 5.91. The van der Waals surface area contributed by atoms with E-state index in [1.54, 1.807) is 0 Å². The molecule has 0 aliphatic carbocycles. The van der Waals surface area contributed by atoms with Gasteiger partial charge in [0.2, 0.25) is 0 Å². The van der Waals surface area contributed by atoms with Gasteiger partial charge in [-0.15, -0.1) is 0 Å². The summed E-state index contributed by atoms with van der Waals surface area (Å²) in [6.07, 6.45) is 4.14. The Morgan fingerprint density at radius 2 is 1.72 bits per heavy atom. The predicted octanol–water partition coefficient (Wildman–Crippen LogP) is 4.56. The molecule has 0 amide bonds. The van der Waals surface area contributed by atoms with Crippen LogP contribution < -0.4 is 0 Å². The van der Waals surface area contributed by atoms with Crippen LogP contribution in [0.25, 0.3) is 0 Å². The zero-order valence-corrected chi connectivity index (χ0v) is 14.9. The third-order valence-electron chi connectivity index (χ3n) is 4.63. The molecule has 0 fully saturated rings. The van der Waals surface area contributed by atoms with E-state index in [1.807, 2.05) is 37.3 Å². The number of hydrogen-bond acceptors (Lipinski definition) is 3. The van der Waals surface area contributed by atoms with Crippen molar-refractivity contribution in [3.8, 4) is 0 Å². The maximum absolute atomic E-state index is 12.5. The van der Waals surface area contributed by atoms with E-state index >= 15 is 0 Å².